The van der Waals surface area contributed by atoms with Crippen LogP contribution in [0.4, 0.5) is 0 Å². The van der Waals surface area contributed by atoms with Crippen LogP contribution in [0.15, 0.2) is 35.8 Å². The van der Waals surface area contributed by atoms with E-state index in [1.54, 1.807) is 0 Å². The molecule has 0 saturated carbocycles. The van der Waals surface area contributed by atoms with Gasteiger partial charge in [0.2, 0.25) is 11.6 Å². The van der Waals surface area contributed by atoms with Crippen LogP contribution in [-0.2, 0) is 22.7 Å². The van der Waals surface area contributed by atoms with Gasteiger partial charge in [-0.15, -0.1) is 11.8 Å². The highest BCUT2D eigenvalue weighted by Gasteiger charge is 2.52. The number of carbonyl (C=O) groups excluding carboxylic acids is 1. The second-order valence-electron chi connectivity index (χ2n) is 6.44. The fourth-order valence-corrected chi connectivity index (χ4v) is 4.86. The van der Waals surface area contributed by atoms with Crippen molar-refractivity contribution >= 4 is 29.2 Å². The normalized spacial score (nSPS) is 22.6. The minimum atomic E-state index is -1.10. The number of nitrogens with two attached hydrogens (primary N) is 1. The number of hydrogen-bond donors (Lipinski definition) is 3. The number of amides is 1. The molecule has 1 amide bonds. The zero-order chi connectivity index (χ0) is 18.6. The Hall–Kier alpha value is -2.36. The monoisotopic (exact) mass is 375 g/mol. The van der Waals surface area contributed by atoms with Gasteiger partial charge in [0, 0.05) is 23.9 Å². The van der Waals surface area contributed by atoms with Crippen LogP contribution in [-0.4, -0.2) is 48.6 Å². The van der Waals surface area contributed by atoms with Crippen molar-refractivity contribution in [1.82, 2.24) is 9.30 Å². The SMILES string of the molecule is Cc1c2ccc(CO)n2cc[n+]1CC1=C(C(=O)O)N2C(=O)C(N)[C@@H]2SC1. The summed E-state index contributed by atoms with van der Waals surface area (Å²) in [6.45, 7) is 2.27. The minimum Gasteiger partial charge on any atom is -0.477 e. The van der Waals surface area contributed by atoms with Crippen LogP contribution < -0.4 is 10.3 Å². The van der Waals surface area contributed by atoms with Crippen molar-refractivity contribution in [2.45, 2.75) is 31.5 Å². The van der Waals surface area contributed by atoms with Crippen molar-refractivity contribution in [3.63, 3.8) is 0 Å². The second-order valence-corrected chi connectivity index (χ2v) is 7.55. The van der Waals surface area contributed by atoms with E-state index in [9.17, 15) is 19.8 Å². The Kier molecular flexibility index (Phi) is 4.02. The van der Waals surface area contributed by atoms with E-state index in [2.05, 4.69) is 0 Å². The van der Waals surface area contributed by atoms with Gasteiger partial charge in [-0.2, -0.15) is 4.57 Å². The summed E-state index contributed by atoms with van der Waals surface area (Å²) in [6, 6.07) is 3.16. The van der Waals surface area contributed by atoms with Crippen LogP contribution in [0.1, 0.15) is 11.4 Å². The molecule has 2 atom stereocenters. The molecule has 4 heterocycles. The number of nitrogens with zero attached hydrogens (tertiary/aromatic N) is 3. The summed E-state index contributed by atoms with van der Waals surface area (Å²) in [5, 5.41) is 18.8. The zero-order valence-corrected chi connectivity index (χ0v) is 14.9. The van der Waals surface area contributed by atoms with E-state index in [0.29, 0.717) is 17.9 Å². The number of aromatic nitrogens is 2. The van der Waals surface area contributed by atoms with E-state index in [0.717, 1.165) is 16.9 Å². The molecular weight excluding hydrogens is 356 g/mol. The molecule has 2 aromatic heterocycles. The summed E-state index contributed by atoms with van der Waals surface area (Å²) in [7, 11) is 0. The maximum atomic E-state index is 12.0. The number of rotatable bonds is 4. The maximum absolute atomic E-state index is 12.0. The lowest BCUT2D eigenvalue weighted by Gasteiger charge is -2.47. The average molecular weight is 375 g/mol. The number of β-lactam (4-membered cyclic amide) rings is 1. The molecule has 0 bridgehead atoms. The Morgan fingerprint density at radius 3 is 2.92 bits per heavy atom. The van der Waals surface area contributed by atoms with E-state index in [1.807, 2.05) is 40.4 Å². The molecule has 0 spiro atoms. The van der Waals surface area contributed by atoms with Crippen LogP contribution in [0.3, 0.4) is 0 Å². The molecule has 1 unspecified atom stereocenters. The molecule has 0 aromatic carbocycles. The smallest absolute Gasteiger partial charge is 0.352 e. The molecule has 0 radical (unpaired) electrons. The van der Waals surface area contributed by atoms with Crippen LogP contribution in [0.25, 0.3) is 5.52 Å². The number of carboxylic acid groups (broad SMARTS) is 1. The van der Waals surface area contributed by atoms with Gasteiger partial charge in [-0.1, -0.05) is 0 Å². The van der Waals surface area contributed by atoms with Gasteiger partial charge in [-0.3, -0.25) is 9.69 Å². The number of fused-ring (bicyclic) bond motifs is 2. The molecule has 26 heavy (non-hydrogen) atoms. The Morgan fingerprint density at radius 2 is 2.23 bits per heavy atom. The predicted octanol–water partition coefficient (Wildman–Crippen LogP) is -0.391. The summed E-state index contributed by atoms with van der Waals surface area (Å²) >= 11 is 1.50. The molecular formula is C17H19N4O4S+. The average Bonchev–Trinajstić information content (AvgIpc) is 3.06. The lowest BCUT2D eigenvalue weighted by atomic mass is 10.0. The maximum Gasteiger partial charge on any atom is 0.352 e. The molecule has 2 aliphatic rings. The van der Waals surface area contributed by atoms with Crippen molar-refractivity contribution in [3.8, 4) is 0 Å². The first kappa shape index (κ1) is 17.1. The number of aliphatic hydroxyl groups excluding tert-OH is 1. The first-order chi connectivity index (χ1) is 12.4. The quantitative estimate of drug-likeness (QED) is 0.496. The molecule has 9 heteroatoms. The Morgan fingerprint density at radius 1 is 1.46 bits per heavy atom. The summed E-state index contributed by atoms with van der Waals surface area (Å²) in [5.41, 5.74) is 9.20. The van der Waals surface area contributed by atoms with Gasteiger partial charge in [0.1, 0.15) is 22.6 Å². The van der Waals surface area contributed by atoms with Gasteiger partial charge in [0.15, 0.2) is 12.7 Å². The number of hydrogen-bond acceptors (Lipinski definition) is 5. The third kappa shape index (κ3) is 2.35. The number of carbonyl (C=O) groups is 2. The lowest BCUT2D eigenvalue weighted by Crippen LogP contribution is -2.68. The molecule has 4 rings (SSSR count). The highest BCUT2D eigenvalue weighted by Crippen LogP contribution is 2.39. The molecule has 2 aliphatic heterocycles. The first-order valence-electron chi connectivity index (χ1n) is 8.19. The van der Waals surface area contributed by atoms with Gasteiger partial charge >= 0.3 is 5.97 Å². The van der Waals surface area contributed by atoms with Crippen LogP contribution in [0, 0.1) is 6.92 Å². The molecule has 4 N–H and O–H groups in total. The number of aliphatic hydroxyl groups is 1. The topological polar surface area (TPSA) is 112 Å². The van der Waals surface area contributed by atoms with Crippen molar-refractivity contribution in [2.75, 3.05) is 5.75 Å². The fourth-order valence-electron chi connectivity index (χ4n) is 3.57. The van der Waals surface area contributed by atoms with Crippen LogP contribution >= 0.6 is 11.8 Å². The van der Waals surface area contributed by atoms with E-state index >= 15 is 0 Å². The Balaban J connectivity index is 1.74. The van der Waals surface area contributed by atoms with Gasteiger partial charge in [0.05, 0.1) is 12.8 Å². The molecule has 2 aromatic rings. The van der Waals surface area contributed by atoms with Gasteiger partial charge < -0.3 is 20.3 Å². The minimum absolute atomic E-state index is 0.0543. The molecule has 136 valence electrons. The number of aryl methyl sites for hydroxylation is 1. The van der Waals surface area contributed by atoms with Gasteiger partial charge in [0.25, 0.3) is 0 Å². The first-order valence-corrected chi connectivity index (χ1v) is 9.24. The summed E-state index contributed by atoms with van der Waals surface area (Å²) in [6.07, 6.45) is 3.70. The van der Waals surface area contributed by atoms with Gasteiger partial charge in [-0.25, -0.2) is 4.79 Å². The molecule has 1 fully saturated rings. The summed E-state index contributed by atoms with van der Waals surface area (Å²) in [5.74, 6) is -0.923. The second kappa shape index (κ2) is 6.11. The summed E-state index contributed by atoms with van der Waals surface area (Å²) < 4.78 is 3.86. The zero-order valence-electron chi connectivity index (χ0n) is 14.1. The van der Waals surface area contributed by atoms with Crippen LogP contribution in [0.5, 0.6) is 0 Å². The molecule has 0 aliphatic carbocycles. The van der Waals surface area contributed by atoms with Crippen LogP contribution in [0.2, 0.25) is 0 Å². The van der Waals surface area contributed by atoms with E-state index in [-0.39, 0.29) is 23.6 Å². The third-order valence-corrected chi connectivity index (χ3v) is 6.37. The molecule has 1 saturated heterocycles. The van der Waals surface area contributed by atoms with E-state index in [4.69, 9.17) is 5.73 Å². The predicted molar refractivity (Wildman–Crippen MR) is 94.0 cm³/mol. The molecule has 8 nitrogen and oxygen atoms in total. The highest BCUT2D eigenvalue weighted by atomic mass is 32.2. The van der Waals surface area contributed by atoms with Crippen molar-refractivity contribution in [2.24, 2.45) is 5.73 Å². The van der Waals surface area contributed by atoms with E-state index in [1.165, 1.54) is 16.7 Å². The van der Waals surface area contributed by atoms with Crippen molar-refractivity contribution in [1.29, 1.82) is 0 Å². The Bertz CT molecular complexity index is 967. The fraction of sp³-hybridized carbons (Fsp3) is 0.353. The van der Waals surface area contributed by atoms with Gasteiger partial charge in [-0.05, 0) is 12.1 Å². The largest absolute Gasteiger partial charge is 0.477 e. The van der Waals surface area contributed by atoms with Crippen molar-refractivity contribution in [3.05, 3.63) is 47.2 Å². The standard InChI is InChI=1S/C17H18N4O4S/c1-9-12-3-2-11(7-22)20(12)5-4-19(9)6-10-8-26-16-13(18)15(23)21(16)14(10)17(24)25/h2-5,13,16,22H,6-8,18H2,1H3/p+1/t13?,16-/m0/s1. The number of carboxylic acids is 1. The highest BCUT2D eigenvalue weighted by molar-refractivity contribution is 8.00. The number of aliphatic carboxylic acids is 1. The Labute approximate surface area is 153 Å². The number of thioether (sulfide) groups is 1. The van der Waals surface area contributed by atoms with E-state index < -0.39 is 12.0 Å². The summed E-state index contributed by atoms with van der Waals surface area (Å²) in [4.78, 5) is 25.1. The third-order valence-electron chi connectivity index (χ3n) is 5.01. The lowest BCUT2D eigenvalue weighted by molar-refractivity contribution is -0.694. The van der Waals surface area contributed by atoms with Crippen molar-refractivity contribution < 1.29 is 24.4 Å².